The molecule has 3 N–H and O–H groups in total. The molecule has 0 bridgehead atoms. The lowest BCUT2D eigenvalue weighted by Crippen LogP contribution is -1.98. The summed E-state index contributed by atoms with van der Waals surface area (Å²) in [5.74, 6) is 1.72. The van der Waals surface area contributed by atoms with Gasteiger partial charge in [0.2, 0.25) is 0 Å². The number of para-hydroxylation sites is 6. The Balaban J connectivity index is 0.928. The van der Waals surface area contributed by atoms with Crippen LogP contribution in [0, 0.1) is 0 Å². The highest BCUT2D eigenvalue weighted by molar-refractivity contribution is 6.23. The Bertz CT molecular complexity index is 4470. The van der Waals surface area contributed by atoms with Crippen LogP contribution in [0.4, 0.5) is 11.4 Å². The van der Waals surface area contributed by atoms with E-state index in [9.17, 15) is 0 Å². The lowest BCUT2D eigenvalue weighted by atomic mass is 9.83. The van der Waals surface area contributed by atoms with Gasteiger partial charge in [0.05, 0.1) is 33.4 Å². The van der Waals surface area contributed by atoms with Gasteiger partial charge in [-0.05, 0) is 155 Å². The first kappa shape index (κ1) is 42.0. The molecule has 0 aliphatic carbocycles. The average Bonchev–Trinajstić information content (AvgIpc) is 4.07. The van der Waals surface area contributed by atoms with Crippen molar-refractivity contribution in [3.8, 4) is 61.8 Å². The molecule has 0 aliphatic rings. The second-order valence-electron chi connectivity index (χ2n) is 18.7. The van der Waals surface area contributed by atoms with Gasteiger partial charge in [-0.1, -0.05) is 170 Å². The molecule has 2 aromatic heterocycles. The summed E-state index contributed by atoms with van der Waals surface area (Å²) in [5.41, 5.74) is 22.5. The third kappa shape index (κ3) is 7.40. The van der Waals surface area contributed by atoms with Gasteiger partial charge in [-0.3, -0.25) is 9.56 Å². The van der Waals surface area contributed by atoms with Crippen LogP contribution >= 0.6 is 0 Å². The summed E-state index contributed by atoms with van der Waals surface area (Å²) in [6, 6.07) is 86.4. The van der Waals surface area contributed by atoms with Crippen LogP contribution < -0.4 is 5.73 Å². The van der Waals surface area contributed by atoms with Crippen LogP contribution in [-0.2, 0) is 0 Å². The summed E-state index contributed by atoms with van der Waals surface area (Å²) >= 11 is 0. The molecule has 0 atom stereocenters. The Kier molecular flexibility index (Phi) is 9.89. The van der Waals surface area contributed by atoms with Gasteiger partial charge in [0.25, 0.3) is 0 Å². The molecule has 14 rings (SSSR count). The molecule has 6 nitrogen and oxygen atoms in total. The van der Waals surface area contributed by atoms with Gasteiger partial charge in [-0.25, -0.2) is 9.97 Å². The zero-order valence-corrected chi connectivity index (χ0v) is 39.5. The number of fused-ring (bicyclic) bond motifs is 6. The maximum Gasteiger partial charge on any atom is 0.145 e. The van der Waals surface area contributed by atoms with E-state index in [-0.39, 0.29) is 0 Å². The molecule has 14 aromatic rings. The minimum atomic E-state index is 0.650. The Hall–Kier alpha value is -9.91. The minimum absolute atomic E-state index is 0.650. The van der Waals surface area contributed by atoms with Gasteiger partial charge in [-0.15, -0.1) is 0 Å². The van der Waals surface area contributed by atoms with Crippen molar-refractivity contribution < 1.29 is 0 Å². The number of aromatic amines is 1. The molecule has 0 aliphatic heterocycles. The number of aliphatic imine (C=N–C) groups is 1. The molecule has 12 aromatic carbocycles. The summed E-state index contributed by atoms with van der Waals surface area (Å²) in [6.07, 6.45) is 1.85. The van der Waals surface area contributed by atoms with E-state index in [0.717, 1.165) is 72.9 Å². The summed E-state index contributed by atoms with van der Waals surface area (Å²) < 4.78 is 2.24. The molecular weight excluding hydrogens is 889 g/mol. The highest BCUT2D eigenvalue weighted by Gasteiger charge is 2.21. The van der Waals surface area contributed by atoms with Crippen molar-refractivity contribution in [2.45, 2.75) is 0 Å². The molecule has 6 heteroatoms. The van der Waals surface area contributed by atoms with E-state index < -0.39 is 0 Å². The SMILES string of the molecule is Nc1ccccc1/N=C/c1ccc(-n2c(-c3ccc(-c4ccc5c(-c6ccc7ccccc7c6)c6cc(-c7nc8ccccc8[nH]7)ccc6c(-c6ccc7ccccc7c6)c5c4)cc3)nc3ccccc32)cc1. The number of benzene rings is 12. The normalized spacial score (nSPS) is 11.8. The number of H-pyrrole nitrogens is 1. The highest BCUT2D eigenvalue weighted by Crippen LogP contribution is 2.47. The summed E-state index contributed by atoms with van der Waals surface area (Å²) in [5, 5.41) is 9.55. The molecule has 0 saturated heterocycles. The van der Waals surface area contributed by atoms with E-state index in [0.29, 0.717) is 5.69 Å². The predicted molar refractivity (Wildman–Crippen MR) is 306 cm³/mol. The molecule has 0 saturated carbocycles. The number of nitrogen functional groups attached to an aromatic ring is 1. The maximum atomic E-state index is 6.16. The first-order valence-corrected chi connectivity index (χ1v) is 24.6. The van der Waals surface area contributed by atoms with Gasteiger partial charge in [-0.2, -0.15) is 0 Å². The fraction of sp³-hybridized carbons (Fsp3) is 0. The molecule has 0 radical (unpaired) electrons. The highest BCUT2D eigenvalue weighted by atomic mass is 15.1. The van der Waals surface area contributed by atoms with Crippen LogP contribution in [0.1, 0.15) is 5.56 Å². The lowest BCUT2D eigenvalue weighted by molar-refractivity contribution is 1.10. The number of nitrogens with zero attached hydrogens (tertiary/aromatic N) is 4. The Morgan fingerprint density at radius 3 is 1.64 bits per heavy atom. The number of nitrogens with one attached hydrogen (secondary N) is 1. The molecule has 342 valence electrons. The largest absolute Gasteiger partial charge is 0.397 e. The number of hydrogen-bond donors (Lipinski definition) is 2. The lowest BCUT2D eigenvalue weighted by Gasteiger charge is -2.20. The number of hydrogen-bond acceptors (Lipinski definition) is 4. The van der Waals surface area contributed by atoms with Crippen LogP contribution in [0.25, 0.3) is 127 Å². The fourth-order valence-corrected chi connectivity index (χ4v) is 10.7. The summed E-state index contributed by atoms with van der Waals surface area (Å²) in [7, 11) is 0. The summed E-state index contributed by atoms with van der Waals surface area (Å²) in [4.78, 5) is 18.5. The van der Waals surface area contributed by atoms with Crippen molar-refractivity contribution in [1.29, 1.82) is 0 Å². The third-order valence-electron chi connectivity index (χ3n) is 14.3. The third-order valence-corrected chi connectivity index (χ3v) is 14.3. The Labute approximate surface area is 421 Å². The van der Waals surface area contributed by atoms with Crippen LogP contribution in [0.15, 0.2) is 248 Å². The van der Waals surface area contributed by atoms with Gasteiger partial charge in [0.1, 0.15) is 11.6 Å². The van der Waals surface area contributed by atoms with Crippen molar-refractivity contribution in [2.24, 2.45) is 4.99 Å². The zero-order valence-electron chi connectivity index (χ0n) is 39.5. The Morgan fingerprint density at radius 2 is 0.959 bits per heavy atom. The summed E-state index contributed by atoms with van der Waals surface area (Å²) in [6.45, 7) is 0. The standard InChI is InChI=1S/C67H44N6/c68-58-15-5-6-16-59(58)69-41-42-21-33-53(34-22-42)73-63-20-10-9-19-62(63)72-67(73)46-27-23-45(24-28-46)49-31-35-54-56(39-49)64(50-29-25-43-11-1-3-13-47(43)37-50)55-36-32-52(66-70-60-17-7-8-18-61(60)71-66)40-57(55)65(54)51-30-26-44-12-2-4-14-48(44)38-51/h1-41H,68H2,(H,70,71)/b69-41+. The van der Waals surface area contributed by atoms with Crippen LogP contribution in [0.3, 0.4) is 0 Å². The second kappa shape index (κ2) is 17.2. The average molecular weight is 933 g/mol. The topological polar surface area (TPSA) is 84.9 Å². The van der Waals surface area contributed by atoms with Gasteiger partial charge in [0.15, 0.2) is 0 Å². The fourth-order valence-electron chi connectivity index (χ4n) is 10.7. The maximum absolute atomic E-state index is 6.16. The van der Waals surface area contributed by atoms with Gasteiger partial charge in [0, 0.05) is 23.0 Å². The van der Waals surface area contributed by atoms with Gasteiger partial charge < -0.3 is 10.7 Å². The molecule has 2 heterocycles. The Morgan fingerprint density at radius 1 is 0.411 bits per heavy atom. The van der Waals surface area contributed by atoms with E-state index in [1.807, 2.05) is 48.7 Å². The number of nitrogens with two attached hydrogens (primary N) is 1. The van der Waals surface area contributed by atoms with Crippen molar-refractivity contribution in [3.05, 3.63) is 248 Å². The van der Waals surface area contributed by atoms with E-state index in [4.69, 9.17) is 15.7 Å². The van der Waals surface area contributed by atoms with E-state index in [1.54, 1.807) is 0 Å². The molecule has 0 fully saturated rings. The van der Waals surface area contributed by atoms with Crippen molar-refractivity contribution in [2.75, 3.05) is 5.73 Å². The number of rotatable bonds is 8. The minimum Gasteiger partial charge on any atom is -0.397 e. The first-order valence-electron chi connectivity index (χ1n) is 24.6. The van der Waals surface area contributed by atoms with E-state index >= 15 is 0 Å². The molecular formula is C67H44N6. The number of aromatic nitrogens is 4. The first-order chi connectivity index (χ1) is 36.1. The number of anilines is 1. The van der Waals surface area contributed by atoms with Crippen LogP contribution in [0.2, 0.25) is 0 Å². The van der Waals surface area contributed by atoms with Crippen molar-refractivity contribution >= 4 is 82.7 Å². The monoisotopic (exact) mass is 932 g/mol. The predicted octanol–water partition coefficient (Wildman–Crippen LogP) is 17.2. The van der Waals surface area contributed by atoms with Crippen LogP contribution in [-0.4, -0.2) is 25.7 Å². The quantitative estimate of drug-likeness (QED) is 0.0904. The number of imidazole rings is 2. The second-order valence-corrected chi connectivity index (χ2v) is 18.7. The van der Waals surface area contributed by atoms with Crippen molar-refractivity contribution in [3.63, 3.8) is 0 Å². The molecule has 0 unspecified atom stereocenters. The molecule has 73 heavy (non-hydrogen) atoms. The van der Waals surface area contributed by atoms with Crippen molar-refractivity contribution in [1.82, 2.24) is 19.5 Å². The molecule has 0 spiro atoms. The van der Waals surface area contributed by atoms with E-state index in [2.05, 4.69) is 215 Å². The molecule has 0 amide bonds. The zero-order chi connectivity index (χ0) is 48.4. The smallest absolute Gasteiger partial charge is 0.145 e. The van der Waals surface area contributed by atoms with Gasteiger partial charge >= 0.3 is 0 Å². The van der Waals surface area contributed by atoms with Crippen LogP contribution in [0.5, 0.6) is 0 Å². The van der Waals surface area contributed by atoms with E-state index in [1.165, 1.54) is 65.3 Å².